The number of carbonyl (C=O) groups excluding carboxylic acids is 1. The van der Waals surface area contributed by atoms with E-state index in [1.54, 1.807) is 0 Å². The minimum atomic E-state index is -0.256. The molecule has 1 N–H and O–H groups in total. The van der Waals surface area contributed by atoms with Gasteiger partial charge in [-0.3, -0.25) is 4.79 Å². The summed E-state index contributed by atoms with van der Waals surface area (Å²) >= 11 is 0. The normalized spacial score (nSPS) is 35.8. The highest BCUT2D eigenvalue weighted by Crippen LogP contribution is 2.62. The van der Waals surface area contributed by atoms with E-state index in [0.29, 0.717) is 0 Å². The third-order valence-corrected chi connectivity index (χ3v) is 4.53. The first kappa shape index (κ1) is 11.0. The van der Waals surface area contributed by atoms with E-state index < -0.39 is 0 Å². The van der Waals surface area contributed by atoms with Crippen molar-refractivity contribution < 1.29 is 9.90 Å². The number of aliphatic hydroxyl groups is 1. The molecule has 0 heterocycles. The Morgan fingerprint density at radius 2 is 2.00 bits per heavy atom. The Morgan fingerprint density at radius 3 is 2.71 bits per heavy atom. The van der Waals surface area contributed by atoms with Gasteiger partial charge in [-0.05, 0) is 19.3 Å². The van der Waals surface area contributed by atoms with Gasteiger partial charge < -0.3 is 5.11 Å². The largest absolute Gasteiger partial charge is 0.393 e. The second kappa shape index (κ2) is 3.95. The fourth-order valence-corrected chi connectivity index (χ4v) is 3.37. The van der Waals surface area contributed by atoms with Gasteiger partial charge in [0.25, 0.3) is 0 Å². The molecule has 0 unspecified atom stereocenters. The van der Waals surface area contributed by atoms with Crippen molar-refractivity contribution in [2.75, 3.05) is 0 Å². The average molecular weight is 230 g/mol. The summed E-state index contributed by atoms with van der Waals surface area (Å²) in [4.78, 5) is 12.3. The molecular weight excluding hydrogens is 212 g/mol. The molecule has 0 bridgehead atoms. The molecule has 1 aromatic rings. The molecule has 0 saturated heterocycles. The van der Waals surface area contributed by atoms with Crippen LogP contribution in [0.3, 0.4) is 0 Å². The van der Waals surface area contributed by atoms with E-state index in [9.17, 15) is 9.90 Å². The second-order valence-electron chi connectivity index (χ2n) is 5.48. The third kappa shape index (κ3) is 1.71. The van der Waals surface area contributed by atoms with E-state index in [1.807, 2.05) is 30.3 Å². The van der Waals surface area contributed by atoms with Gasteiger partial charge in [0.1, 0.15) is 0 Å². The number of hydrogen-bond acceptors (Lipinski definition) is 2. The smallest absolute Gasteiger partial charge is 0.166 e. The fourth-order valence-electron chi connectivity index (χ4n) is 3.37. The lowest BCUT2D eigenvalue weighted by molar-refractivity contribution is 0.0425. The molecule has 2 heteroatoms. The van der Waals surface area contributed by atoms with Crippen molar-refractivity contribution in [3.8, 4) is 0 Å². The van der Waals surface area contributed by atoms with Crippen molar-refractivity contribution in [2.45, 2.75) is 38.2 Å². The van der Waals surface area contributed by atoms with E-state index in [-0.39, 0.29) is 23.2 Å². The van der Waals surface area contributed by atoms with E-state index in [4.69, 9.17) is 0 Å². The predicted octanol–water partition coefficient (Wildman–Crippen LogP) is 2.81. The maximum Gasteiger partial charge on any atom is 0.166 e. The van der Waals surface area contributed by atoms with Gasteiger partial charge in [-0.25, -0.2) is 0 Å². The quantitative estimate of drug-likeness (QED) is 0.793. The van der Waals surface area contributed by atoms with Gasteiger partial charge in [-0.2, -0.15) is 0 Å². The zero-order valence-corrected chi connectivity index (χ0v) is 9.93. The van der Waals surface area contributed by atoms with Crippen LogP contribution in [0.1, 0.15) is 42.5 Å². The summed E-state index contributed by atoms with van der Waals surface area (Å²) in [5, 5.41) is 10.1. The molecule has 2 saturated carbocycles. The minimum absolute atomic E-state index is 0.0643. The van der Waals surface area contributed by atoms with Crippen LogP contribution in [0.5, 0.6) is 0 Å². The summed E-state index contributed by atoms with van der Waals surface area (Å²) in [7, 11) is 0. The molecule has 1 spiro atoms. The van der Waals surface area contributed by atoms with Gasteiger partial charge >= 0.3 is 0 Å². The number of rotatable bonds is 2. The van der Waals surface area contributed by atoms with Gasteiger partial charge in [0, 0.05) is 16.9 Å². The van der Waals surface area contributed by atoms with Gasteiger partial charge in [0.15, 0.2) is 5.78 Å². The maximum absolute atomic E-state index is 12.3. The van der Waals surface area contributed by atoms with Crippen LogP contribution in [0.15, 0.2) is 30.3 Å². The number of ketones is 1. The summed E-state index contributed by atoms with van der Waals surface area (Å²) in [6.45, 7) is 0. The van der Waals surface area contributed by atoms with Gasteiger partial charge in [0.05, 0.1) is 6.10 Å². The van der Waals surface area contributed by atoms with E-state index >= 15 is 0 Å². The molecule has 2 nitrogen and oxygen atoms in total. The number of Topliss-reactive ketones (excluding diaryl/α,β-unsaturated/α-hetero) is 1. The van der Waals surface area contributed by atoms with Crippen molar-refractivity contribution in [1.82, 2.24) is 0 Å². The Labute approximate surface area is 102 Å². The maximum atomic E-state index is 12.3. The Hall–Kier alpha value is -1.15. The summed E-state index contributed by atoms with van der Waals surface area (Å²) in [6.07, 6.45) is 4.80. The van der Waals surface area contributed by atoms with Crippen molar-refractivity contribution in [1.29, 1.82) is 0 Å². The standard InChI is InChI=1S/C15H18O2/c16-13-8-4-5-9-15(13)10-12(15)14(17)11-6-2-1-3-7-11/h1-3,6-7,12-13,16H,4-5,8-10H2/t12-,13+,15+/m1/s1. The first-order valence-corrected chi connectivity index (χ1v) is 6.51. The Bertz CT molecular complexity index is 426. The predicted molar refractivity (Wildman–Crippen MR) is 65.8 cm³/mol. The first-order valence-electron chi connectivity index (χ1n) is 6.51. The van der Waals surface area contributed by atoms with E-state index in [0.717, 1.165) is 37.7 Å². The summed E-state index contributed by atoms with van der Waals surface area (Å²) in [6, 6.07) is 9.49. The van der Waals surface area contributed by atoms with E-state index in [1.165, 1.54) is 0 Å². The van der Waals surface area contributed by atoms with Crippen molar-refractivity contribution >= 4 is 5.78 Å². The highest BCUT2D eigenvalue weighted by molar-refractivity contribution is 6.00. The molecule has 0 aliphatic heterocycles. The molecule has 3 rings (SSSR count). The van der Waals surface area contributed by atoms with Gasteiger partial charge in [-0.15, -0.1) is 0 Å². The molecule has 17 heavy (non-hydrogen) atoms. The Morgan fingerprint density at radius 1 is 1.24 bits per heavy atom. The summed E-state index contributed by atoms with van der Waals surface area (Å²) in [5.74, 6) is 0.298. The molecular formula is C15H18O2. The molecule has 0 radical (unpaired) electrons. The highest BCUT2D eigenvalue weighted by atomic mass is 16.3. The minimum Gasteiger partial charge on any atom is -0.393 e. The van der Waals surface area contributed by atoms with Crippen LogP contribution < -0.4 is 0 Å². The molecule has 0 aromatic heterocycles. The van der Waals surface area contributed by atoms with Crippen molar-refractivity contribution in [3.05, 3.63) is 35.9 Å². The van der Waals surface area contributed by atoms with Crippen LogP contribution in [0.2, 0.25) is 0 Å². The van der Waals surface area contributed by atoms with Crippen LogP contribution in [-0.4, -0.2) is 17.0 Å². The number of hydrogen-bond donors (Lipinski definition) is 1. The Kier molecular flexibility index (Phi) is 2.55. The van der Waals surface area contributed by atoms with Crippen LogP contribution >= 0.6 is 0 Å². The molecule has 0 amide bonds. The van der Waals surface area contributed by atoms with Gasteiger partial charge in [0.2, 0.25) is 0 Å². The van der Waals surface area contributed by atoms with Crippen LogP contribution in [-0.2, 0) is 0 Å². The monoisotopic (exact) mass is 230 g/mol. The Balaban J connectivity index is 1.78. The lowest BCUT2D eigenvalue weighted by Gasteiger charge is -2.28. The second-order valence-corrected chi connectivity index (χ2v) is 5.48. The zero-order chi connectivity index (χ0) is 11.9. The lowest BCUT2D eigenvalue weighted by atomic mass is 9.80. The summed E-state index contributed by atoms with van der Waals surface area (Å²) in [5.41, 5.74) is 0.734. The third-order valence-electron chi connectivity index (χ3n) is 4.53. The average Bonchev–Trinajstić information content (AvgIpc) is 3.09. The SMILES string of the molecule is O=C(c1ccccc1)[C@H]1C[C@@]12CCCC[C@@H]2O. The zero-order valence-electron chi connectivity index (χ0n) is 9.93. The van der Waals surface area contributed by atoms with E-state index in [2.05, 4.69) is 0 Å². The fraction of sp³-hybridized carbons (Fsp3) is 0.533. The molecule has 1 aromatic carbocycles. The van der Waals surface area contributed by atoms with Crippen molar-refractivity contribution in [3.63, 3.8) is 0 Å². The molecule has 2 fully saturated rings. The topological polar surface area (TPSA) is 37.3 Å². The lowest BCUT2D eigenvalue weighted by Crippen LogP contribution is -2.29. The van der Waals surface area contributed by atoms with Crippen molar-refractivity contribution in [2.24, 2.45) is 11.3 Å². The summed E-state index contributed by atoms with van der Waals surface area (Å²) < 4.78 is 0. The van der Waals surface area contributed by atoms with Crippen LogP contribution in [0.25, 0.3) is 0 Å². The molecule has 3 atom stereocenters. The number of aliphatic hydroxyl groups excluding tert-OH is 1. The highest BCUT2D eigenvalue weighted by Gasteiger charge is 2.61. The first-order chi connectivity index (χ1) is 8.24. The van der Waals surface area contributed by atoms with Gasteiger partial charge in [-0.1, -0.05) is 43.2 Å². The number of benzene rings is 1. The van der Waals surface area contributed by atoms with Crippen LogP contribution in [0, 0.1) is 11.3 Å². The van der Waals surface area contributed by atoms with Crippen LogP contribution in [0.4, 0.5) is 0 Å². The molecule has 2 aliphatic carbocycles. The number of carbonyl (C=O) groups is 1. The molecule has 90 valence electrons. The molecule has 2 aliphatic rings.